The van der Waals surface area contributed by atoms with E-state index in [4.69, 9.17) is 27.9 Å². The highest BCUT2D eigenvalue weighted by Gasteiger charge is 2.48. The molecule has 3 aromatic carbocycles. The van der Waals surface area contributed by atoms with E-state index in [2.05, 4.69) is 11.9 Å². The molecule has 1 aromatic heterocycles. The second-order valence-electron chi connectivity index (χ2n) is 8.56. The fourth-order valence-electron chi connectivity index (χ4n) is 4.23. The molecule has 1 atom stereocenters. The first kappa shape index (κ1) is 25.3. The number of amides is 1. The number of aliphatic hydroxyl groups excluding tert-OH is 1. The van der Waals surface area contributed by atoms with Crippen molar-refractivity contribution in [3.05, 3.63) is 93.5 Å². The number of Topliss-reactive ketones (excluding diaryl/α,β-unsaturated/α-hetero) is 1. The van der Waals surface area contributed by atoms with E-state index in [-0.39, 0.29) is 11.3 Å². The SMILES string of the molecule is CCCCOc1cccc(C(O)=C2C(=O)C(=O)N(c3nc4ccc(Cl)cc4s3)C2c2cccc(Cl)c2)c1. The lowest BCUT2D eigenvalue weighted by atomic mass is 9.95. The van der Waals surface area contributed by atoms with Crippen LogP contribution in [0.15, 0.2) is 72.3 Å². The maximum absolute atomic E-state index is 13.4. The van der Waals surface area contributed by atoms with Crippen LogP contribution in [-0.2, 0) is 9.59 Å². The number of rotatable bonds is 7. The van der Waals surface area contributed by atoms with Gasteiger partial charge in [-0.3, -0.25) is 14.5 Å². The molecule has 4 aromatic rings. The summed E-state index contributed by atoms with van der Waals surface area (Å²) < 4.78 is 6.55. The van der Waals surface area contributed by atoms with Gasteiger partial charge in [-0.15, -0.1) is 0 Å². The molecular formula is C28H22Cl2N2O4S. The van der Waals surface area contributed by atoms with E-state index >= 15 is 0 Å². The number of anilines is 1. The predicted molar refractivity (Wildman–Crippen MR) is 148 cm³/mol. The van der Waals surface area contributed by atoms with Crippen LogP contribution in [0.4, 0.5) is 5.13 Å². The van der Waals surface area contributed by atoms with Crippen molar-refractivity contribution in [3.8, 4) is 5.75 Å². The van der Waals surface area contributed by atoms with E-state index in [0.717, 1.165) is 17.5 Å². The van der Waals surface area contributed by atoms with Gasteiger partial charge in [-0.25, -0.2) is 4.98 Å². The van der Waals surface area contributed by atoms with Crippen molar-refractivity contribution < 1.29 is 19.4 Å². The van der Waals surface area contributed by atoms with Gasteiger partial charge in [-0.1, -0.05) is 72.1 Å². The molecular weight excluding hydrogens is 531 g/mol. The third-order valence-electron chi connectivity index (χ3n) is 6.03. The zero-order valence-corrected chi connectivity index (χ0v) is 22.1. The van der Waals surface area contributed by atoms with Gasteiger partial charge in [0.05, 0.1) is 28.4 Å². The lowest BCUT2D eigenvalue weighted by Gasteiger charge is -2.23. The number of hydrogen-bond acceptors (Lipinski definition) is 6. The number of benzene rings is 3. The van der Waals surface area contributed by atoms with Gasteiger partial charge in [0.2, 0.25) is 0 Å². The molecule has 0 radical (unpaired) electrons. The molecule has 5 rings (SSSR count). The zero-order valence-electron chi connectivity index (χ0n) is 19.8. The smallest absolute Gasteiger partial charge is 0.301 e. The lowest BCUT2D eigenvalue weighted by Crippen LogP contribution is -2.29. The number of fused-ring (bicyclic) bond motifs is 1. The van der Waals surface area contributed by atoms with E-state index in [1.54, 1.807) is 66.7 Å². The molecule has 9 heteroatoms. The molecule has 6 nitrogen and oxygen atoms in total. The summed E-state index contributed by atoms with van der Waals surface area (Å²) >= 11 is 13.7. The number of carbonyl (C=O) groups excluding carboxylic acids is 2. The second-order valence-corrected chi connectivity index (χ2v) is 10.4. The van der Waals surface area contributed by atoms with Crippen LogP contribution in [0.2, 0.25) is 10.0 Å². The number of hydrogen-bond donors (Lipinski definition) is 1. The van der Waals surface area contributed by atoms with Crippen LogP contribution in [0, 0.1) is 0 Å². The first-order valence-corrected chi connectivity index (χ1v) is 13.3. The van der Waals surface area contributed by atoms with E-state index in [1.807, 2.05) is 0 Å². The van der Waals surface area contributed by atoms with E-state index in [1.165, 1.54) is 16.2 Å². The highest BCUT2D eigenvalue weighted by molar-refractivity contribution is 7.22. The number of aromatic nitrogens is 1. The molecule has 188 valence electrons. The summed E-state index contributed by atoms with van der Waals surface area (Å²) in [6, 6.07) is 18.0. The van der Waals surface area contributed by atoms with Gasteiger partial charge < -0.3 is 9.84 Å². The summed E-state index contributed by atoms with van der Waals surface area (Å²) in [6.45, 7) is 2.61. The minimum absolute atomic E-state index is 0.0461. The Morgan fingerprint density at radius 3 is 2.62 bits per heavy atom. The fraction of sp³-hybridized carbons (Fsp3) is 0.179. The van der Waals surface area contributed by atoms with Crippen molar-refractivity contribution >= 4 is 67.3 Å². The highest BCUT2D eigenvalue weighted by Crippen LogP contribution is 2.45. The Morgan fingerprint density at radius 1 is 1.05 bits per heavy atom. The van der Waals surface area contributed by atoms with Crippen molar-refractivity contribution in [3.63, 3.8) is 0 Å². The maximum atomic E-state index is 13.4. The van der Waals surface area contributed by atoms with E-state index < -0.39 is 17.7 Å². The Hall–Kier alpha value is -3.39. The maximum Gasteiger partial charge on any atom is 0.301 e. The van der Waals surface area contributed by atoms with Crippen molar-refractivity contribution in [2.24, 2.45) is 0 Å². The molecule has 0 bridgehead atoms. The first-order chi connectivity index (χ1) is 17.9. The Kier molecular flexibility index (Phi) is 7.20. The van der Waals surface area contributed by atoms with Gasteiger partial charge in [-0.05, 0) is 54.4 Å². The summed E-state index contributed by atoms with van der Waals surface area (Å²) in [5.41, 5.74) is 1.54. The summed E-state index contributed by atoms with van der Waals surface area (Å²) in [4.78, 5) is 32.8. The monoisotopic (exact) mass is 552 g/mol. The largest absolute Gasteiger partial charge is 0.507 e. The van der Waals surface area contributed by atoms with Crippen molar-refractivity contribution in [1.29, 1.82) is 0 Å². The molecule has 1 saturated heterocycles. The third kappa shape index (κ3) is 4.94. The Labute approximate surface area is 227 Å². The van der Waals surface area contributed by atoms with Crippen molar-refractivity contribution in [2.45, 2.75) is 25.8 Å². The molecule has 0 aliphatic carbocycles. The third-order valence-corrected chi connectivity index (χ3v) is 7.52. The van der Waals surface area contributed by atoms with E-state index in [9.17, 15) is 14.7 Å². The highest BCUT2D eigenvalue weighted by atomic mass is 35.5. The summed E-state index contributed by atoms with van der Waals surface area (Å²) in [5, 5.41) is 12.7. The molecule has 1 aliphatic rings. The summed E-state index contributed by atoms with van der Waals surface area (Å²) in [6.07, 6.45) is 1.88. The Bertz CT molecular complexity index is 1550. The summed E-state index contributed by atoms with van der Waals surface area (Å²) in [7, 11) is 0. The molecule has 2 heterocycles. The van der Waals surface area contributed by atoms with Gasteiger partial charge >= 0.3 is 5.91 Å². The van der Waals surface area contributed by atoms with Crippen LogP contribution in [-0.4, -0.2) is 28.4 Å². The number of ketones is 1. The number of carbonyl (C=O) groups is 2. The first-order valence-electron chi connectivity index (χ1n) is 11.7. The van der Waals surface area contributed by atoms with Crippen LogP contribution in [0.5, 0.6) is 5.75 Å². The van der Waals surface area contributed by atoms with E-state index in [0.29, 0.717) is 44.2 Å². The summed E-state index contributed by atoms with van der Waals surface area (Å²) in [5.74, 6) is -1.32. The minimum atomic E-state index is -0.931. The van der Waals surface area contributed by atoms with Crippen LogP contribution in [0.25, 0.3) is 16.0 Å². The van der Waals surface area contributed by atoms with Crippen LogP contribution >= 0.6 is 34.5 Å². The molecule has 1 amide bonds. The van der Waals surface area contributed by atoms with Gasteiger partial charge in [0.1, 0.15) is 11.5 Å². The number of nitrogens with zero attached hydrogens (tertiary/aromatic N) is 2. The lowest BCUT2D eigenvalue weighted by molar-refractivity contribution is -0.132. The average molecular weight is 553 g/mol. The topological polar surface area (TPSA) is 79.7 Å². The number of unbranched alkanes of at least 4 members (excludes halogenated alkanes) is 1. The van der Waals surface area contributed by atoms with Gasteiger partial charge in [0.25, 0.3) is 5.78 Å². The van der Waals surface area contributed by atoms with Gasteiger partial charge in [0.15, 0.2) is 5.13 Å². The van der Waals surface area contributed by atoms with Crippen molar-refractivity contribution in [1.82, 2.24) is 4.98 Å². The number of ether oxygens (including phenoxy) is 1. The van der Waals surface area contributed by atoms with Crippen LogP contribution < -0.4 is 9.64 Å². The standard InChI is InChI=1S/C28H22Cl2N2O4S/c1-2-3-12-36-20-9-5-7-17(14-20)25(33)23-24(16-6-4-8-18(29)13-16)32(27(35)26(23)34)28-31-21-11-10-19(30)15-22(21)37-28/h4-11,13-15,24,33H,2-3,12H2,1H3. The average Bonchev–Trinajstić information content (AvgIpc) is 3.41. The van der Waals surface area contributed by atoms with Gasteiger partial charge in [0, 0.05) is 15.6 Å². The number of thiazole rings is 1. The number of aliphatic hydroxyl groups is 1. The fourth-order valence-corrected chi connectivity index (χ4v) is 5.70. The normalized spacial score (nSPS) is 17.1. The molecule has 1 N–H and O–H groups in total. The zero-order chi connectivity index (χ0) is 26.1. The second kappa shape index (κ2) is 10.5. The van der Waals surface area contributed by atoms with Crippen LogP contribution in [0.3, 0.4) is 0 Å². The molecule has 37 heavy (non-hydrogen) atoms. The molecule has 0 saturated carbocycles. The van der Waals surface area contributed by atoms with Gasteiger partial charge in [-0.2, -0.15) is 0 Å². The Morgan fingerprint density at radius 2 is 1.84 bits per heavy atom. The minimum Gasteiger partial charge on any atom is -0.507 e. The molecule has 1 aliphatic heterocycles. The van der Waals surface area contributed by atoms with Crippen molar-refractivity contribution in [2.75, 3.05) is 11.5 Å². The predicted octanol–water partition coefficient (Wildman–Crippen LogP) is 7.41. The Balaban J connectivity index is 1.65. The van der Waals surface area contributed by atoms with Crippen LogP contribution in [0.1, 0.15) is 36.9 Å². The molecule has 0 spiro atoms. The quantitative estimate of drug-likeness (QED) is 0.112. The number of halogens is 2. The molecule has 1 fully saturated rings. The molecule has 1 unspecified atom stereocenters.